The number of hydrogen-bond acceptors (Lipinski definition) is 4. The molecule has 0 atom stereocenters. The highest BCUT2D eigenvalue weighted by atomic mass is 32.2. The minimum absolute atomic E-state index is 0.392. The van der Waals surface area contributed by atoms with Crippen LogP contribution in [0.5, 0.6) is 0 Å². The number of benzene rings is 2. The number of anilines is 1. The van der Waals surface area contributed by atoms with Crippen molar-refractivity contribution in [1.29, 1.82) is 0 Å². The Bertz CT molecular complexity index is 827. The van der Waals surface area contributed by atoms with E-state index in [1.165, 1.54) is 4.31 Å². The molecule has 1 heterocycles. The highest BCUT2D eigenvalue weighted by molar-refractivity contribution is 7.89. The summed E-state index contributed by atoms with van der Waals surface area (Å²) in [5.74, 6) is 0. The zero-order valence-corrected chi connectivity index (χ0v) is 16.3. The number of hydrogen-bond donors (Lipinski definition) is 1. The highest BCUT2D eigenvalue weighted by Gasteiger charge is 2.26. The Morgan fingerprint density at radius 3 is 2.27 bits per heavy atom. The van der Waals surface area contributed by atoms with Gasteiger partial charge in [0.2, 0.25) is 10.0 Å². The molecular formula is C20H27N3O2S. The molecule has 0 amide bonds. The summed E-state index contributed by atoms with van der Waals surface area (Å²) < 4.78 is 28.2. The fourth-order valence-corrected chi connectivity index (χ4v) is 5.09. The van der Waals surface area contributed by atoms with E-state index in [0.29, 0.717) is 18.0 Å². The molecule has 5 nitrogen and oxygen atoms in total. The lowest BCUT2D eigenvalue weighted by atomic mass is 10.0. The predicted molar refractivity (Wildman–Crippen MR) is 107 cm³/mol. The first-order valence-corrected chi connectivity index (χ1v) is 10.7. The Labute approximate surface area is 156 Å². The van der Waals surface area contributed by atoms with E-state index in [1.54, 1.807) is 0 Å². The van der Waals surface area contributed by atoms with Crippen molar-refractivity contribution in [2.75, 3.05) is 44.2 Å². The Hall–Kier alpha value is -1.89. The van der Waals surface area contributed by atoms with Gasteiger partial charge >= 0.3 is 0 Å². The van der Waals surface area contributed by atoms with Crippen molar-refractivity contribution in [3.8, 4) is 11.1 Å². The van der Waals surface area contributed by atoms with E-state index < -0.39 is 10.0 Å². The lowest BCUT2D eigenvalue weighted by Gasteiger charge is -2.30. The maximum Gasteiger partial charge on any atom is 0.243 e. The lowest BCUT2D eigenvalue weighted by Crippen LogP contribution is -2.43. The number of nitrogens with zero attached hydrogens (tertiary/aromatic N) is 2. The van der Waals surface area contributed by atoms with Crippen LogP contribution < -0.4 is 10.2 Å². The maximum absolute atomic E-state index is 13.3. The van der Waals surface area contributed by atoms with Gasteiger partial charge in [0, 0.05) is 50.5 Å². The SMILES string of the molecule is CCN(CC)S(=O)(=O)c1cc(N2CCNCC2)ccc1-c1ccccc1. The molecule has 0 spiro atoms. The van der Waals surface area contributed by atoms with Crippen LogP contribution in [0, 0.1) is 0 Å². The summed E-state index contributed by atoms with van der Waals surface area (Å²) >= 11 is 0. The average Bonchev–Trinajstić information content (AvgIpc) is 2.69. The van der Waals surface area contributed by atoms with E-state index in [4.69, 9.17) is 0 Å². The van der Waals surface area contributed by atoms with Crippen LogP contribution in [0.4, 0.5) is 5.69 Å². The predicted octanol–water partition coefficient (Wildman–Crippen LogP) is 2.79. The van der Waals surface area contributed by atoms with Gasteiger partial charge in [0.1, 0.15) is 0 Å². The van der Waals surface area contributed by atoms with Crippen molar-refractivity contribution in [3.63, 3.8) is 0 Å². The van der Waals surface area contributed by atoms with Crippen molar-refractivity contribution in [1.82, 2.24) is 9.62 Å². The molecule has 0 aromatic heterocycles. The molecule has 1 saturated heterocycles. The van der Waals surface area contributed by atoms with Gasteiger partial charge in [-0.3, -0.25) is 0 Å². The van der Waals surface area contributed by atoms with Gasteiger partial charge in [-0.05, 0) is 17.7 Å². The largest absolute Gasteiger partial charge is 0.369 e. The van der Waals surface area contributed by atoms with Crippen LogP contribution >= 0.6 is 0 Å². The van der Waals surface area contributed by atoms with Crippen LogP contribution in [-0.2, 0) is 10.0 Å². The zero-order chi connectivity index (χ0) is 18.6. The van der Waals surface area contributed by atoms with Crippen LogP contribution in [-0.4, -0.2) is 52.0 Å². The third kappa shape index (κ3) is 3.77. The number of nitrogens with one attached hydrogen (secondary N) is 1. The second-order valence-electron chi connectivity index (χ2n) is 6.37. The number of piperazine rings is 1. The van der Waals surface area contributed by atoms with Gasteiger partial charge in [0.25, 0.3) is 0 Å². The van der Waals surface area contributed by atoms with E-state index in [2.05, 4.69) is 10.2 Å². The molecule has 140 valence electrons. The van der Waals surface area contributed by atoms with Crippen molar-refractivity contribution >= 4 is 15.7 Å². The molecule has 1 N–H and O–H groups in total. The molecule has 2 aromatic rings. The summed E-state index contributed by atoms with van der Waals surface area (Å²) in [6, 6.07) is 15.6. The summed E-state index contributed by atoms with van der Waals surface area (Å²) in [6.45, 7) is 8.28. The van der Waals surface area contributed by atoms with Crippen LogP contribution in [0.25, 0.3) is 11.1 Å². The van der Waals surface area contributed by atoms with Crippen LogP contribution in [0.2, 0.25) is 0 Å². The first-order chi connectivity index (χ1) is 12.6. The van der Waals surface area contributed by atoms with Gasteiger partial charge < -0.3 is 10.2 Å². The Kier molecular flexibility index (Phi) is 5.96. The quantitative estimate of drug-likeness (QED) is 0.846. The monoisotopic (exact) mass is 373 g/mol. The topological polar surface area (TPSA) is 52.7 Å². The first kappa shape index (κ1) is 18.9. The minimum atomic E-state index is -3.55. The molecule has 3 rings (SSSR count). The fourth-order valence-electron chi connectivity index (χ4n) is 3.40. The molecule has 0 unspecified atom stereocenters. The Morgan fingerprint density at radius 2 is 1.65 bits per heavy atom. The third-order valence-corrected chi connectivity index (χ3v) is 6.95. The molecule has 0 bridgehead atoms. The van der Waals surface area contributed by atoms with Crippen LogP contribution in [0.3, 0.4) is 0 Å². The third-order valence-electron chi connectivity index (χ3n) is 4.86. The molecule has 1 aliphatic rings. The first-order valence-electron chi connectivity index (χ1n) is 9.23. The standard InChI is InChI=1S/C20H27N3O2S/c1-3-23(4-2)26(24,25)20-16-18(22-14-12-21-13-15-22)10-11-19(20)17-8-6-5-7-9-17/h5-11,16,21H,3-4,12-15H2,1-2H3. The smallest absolute Gasteiger partial charge is 0.243 e. The zero-order valence-electron chi connectivity index (χ0n) is 15.5. The van der Waals surface area contributed by atoms with Crippen molar-refractivity contribution in [3.05, 3.63) is 48.5 Å². The number of rotatable bonds is 6. The molecule has 1 fully saturated rings. The van der Waals surface area contributed by atoms with E-state index in [0.717, 1.165) is 43.0 Å². The van der Waals surface area contributed by atoms with Crippen molar-refractivity contribution in [2.24, 2.45) is 0 Å². The molecule has 1 aliphatic heterocycles. The second-order valence-corrected chi connectivity index (χ2v) is 8.28. The average molecular weight is 374 g/mol. The fraction of sp³-hybridized carbons (Fsp3) is 0.400. The lowest BCUT2D eigenvalue weighted by molar-refractivity contribution is 0.445. The summed E-state index contributed by atoms with van der Waals surface area (Å²) in [5, 5.41) is 3.33. The summed E-state index contributed by atoms with van der Waals surface area (Å²) in [6.07, 6.45) is 0. The summed E-state index contributed by atoms with van der Waals surface area (Å²) in [7, 11) is -3.55. The van der Waals surface area contributed by atoms with Gasteiger partial charge in [-0.25, -0.2) is 8.42 Å². The van der Waals surface area contributed by atoms with Gasteiger partial charge in [-0.2, -0.15) is 4.31 Å². The molecule has 26 heavy (non-hydrogen) atoms. The van der Waals surface area contributed by atoms with Gasteiger partial charge in [0.05, 0.1) is 4.90 Å². The highest BCUT2D eigenvalue weighted by Crippen LogP contribution is 2.33. The van der Waals surface area contributed by atoms with E-state index in [-0.39, 0.29) is 0 Å². The van der Waals surface area contributed by atoms with E-state index >= 15 is 0 Å². The van der Waals surface area contributed by atoms with Gasteiger partial charge in [-0.15, -0.1) is 0 Å². The molecular weight excluding hydrogens is 346 g/mol. The van der Waals surface area contributed by atoms with Crippen molar-refractivity contribution < 1.29 is 8.42 Å². The normalized spacial score (nSPS) is 15.4. The van der Waals surface area contributed by atoms with Crippen LogP contribution in [0.15, 0.2) is 53.4 Å². The maximum atomic E-state index is 13.3. The van der Waals surface area contributed by atoms with Gasteiger partial charge in [-0.1, -0.05) is 50.2 Å². The summed E-state index contributed by atoms with van der Waals surface area (Å²) in [4.78, 5) is 2.63. The van der Waals surface area contributed by atoms with Crippen LogP contribution in [0.1, 0.15) is 13.8 Å². The molecule has 0 aliphatic carbocycles. The Balaban J connectivity index is 2.13. The minimum Gasteiger partial charge on any atom is -0.369 e. The molecule has 2 aromatic carbocycles. The van der Waals surface area contributed by atoms with E-state index in [9.17, 15) is 8.42 Å². The van der Waals surface area contributed by atoms with Crippen molar-refractivity contribution in [2.45, 2.75) is 18.7 Å². The van der Waals surface area contributed by atoms with E-state index in [1.807, 2.05) is 62.4 Å². The molecule has 0 saturated carbocycles. The summed E-state index contributed by atoms with van der Waals surface area (Å²) in [5.41, 5.74) is 2.65. The van der Waals surface area contributed by atoms with Gasteiger partial charge in [0.15, 0.2) is 0 Å². The number of sulfonamides is 1. The molecule has 0 radical (unpaired) electrons. The Morgan fingerprint density at radius 1 is 1.00 bits per heavy atom. The molecule has 6 heteroatoms. The second kappa shape index (κ2) is 8.20.